The van der Waals surface area contributed by atoms with Gasteiger partial charge in [-0.25, -0.2) is 8.78 Å². The number of hydrogen-bond donors (Lipinski definition) is 3. The van der Waals surface area contributed by atoms with E-state index in [2.05, 4.69) is 16.0 Å². The Kier molecular flexibility index (Phi) is 8.41. The standard InChI is InChI=1S/C23H32F2N4O3/c24-23(25)12-15-29(16-13-23)21(31)5-3-1-2-4-14-26-17-6-8-18(9-7-17)27-19-10-11-20(30)28-22(19)32/h6-9,19,26-27H,1-5,10-16H2,(H,28,30,32). The van der Waals surface area contributed by atoms with Crippen LogP contribution in [0.5, 0.6) is 0 Å². The van der Waals surface area contributed by atoms with Crippen LogP contribution in [-0.4, -0.2) is 54.2 Å². The fourth-order valence-electron chi connectivity index (χ4n) is 3.95. The van der Waals surface area contributed by atoms with Gasteiger partial charge in [-0.2, -0.15) is 0 Å². The van der Waals surface area contributed by atoms with Crippen molar-refractivity contribution in [3.05, 3.63) is 24.3 Å². The first-order valence-corrected chi connectivity index (χ1v) is 11.4. The quantitative estimate of drug-likeness (QED) is 0.375. The Labute approximate surface area is 187 Å². The van der Waals surface area contributed by atoms with Gasteiger partial charge in [-0.15, -0.1) is 0 Å². The van der Waals surface area contributed by atoms with E-state index < -0.39 is 12.0 Å². The number of nitrogens with zero attached hydrogens (tertiary/aromatic N) is 1. The third-order valence-electron chi connectivity index (χ3n) is 5.96. The normalized spacial score (nSPS) is 20.6. The van der Waals surface area contributed by atoms with E-state index >= 15 is 0 Å². The first-order chi connectivity index (χ1) is 15.3. The van der Waals surface area contributed by atoms with Gasteiger partial charge < -0.3 is 15.5 Å². The van der Waals surface area contributed by atoms with E-state index in [1.54, 1.807) is 4.90 Å². The van der Waals surface area contributed by atoms with Crippen LogP contribution in [0.2, 0.25) is 0 Å². The molecule has 2 heterocycles. The van der Waals surface area contributed by atoms with Gasteiger partial charge in [0.2, 0.25) is 17.7 Å². The van der Waals surface area contributed by atoms with Crippen molar-refractivity contribution >= 4 is 29.1 Å². The van der Waals surface area contributed by atoms with Crippen LogP contribution in [-0.2, 0) is 14.4 Å². The van der Waals surface area contributed by atoms with E-state index in [0.717, 1.165) is 43.6 Å². The zero-order chi connectivity index (χ0) is 23.0. The zero-order valence-corrected chi connectivity index (χ0v) is 18.3. The molecule has 176 valence electrons. The van der Waals surface area contributed by atoms with Gasteiger partial charge in [0, 0.05) is 56.7 Å². The summed E-state index contributed by atoms with van der Waals surface area (Å²) in [6.45, 7) is 1.14. The second-order valence-electron chi connectivity index (χ2n) is 8.55. The summed E-state index contributed by atoms with van der Waals surface area (Å²) >= 11 is 0. The molecular weight excluding hydrogens is 418 g/mol. The maximum Gasteiger partial charge on any atom is 0.251 e. The maximum absolute atomic E-state index is 13.2. The number of rotatable bonds is 10. The Morgan fingerprint density at radius 2 is 1.69 bits per heavy atom. The minimum atomic E-state index is -2.62. The largest absolute Gasteiger partial charge is 0.385 e. The van der Waals surface area contributed by atoms with Crippen LogP contribution in [0, 0.1) is 0 Å². The van der Waals surface area contributed by atoms with E-state index in [-0.39, 0.29) is 43.7 Å². The molecule has 0 saturated carbocycles. The number of amides is 3. The number of carbonyl (C=O) groups excluding carboxylic acids is 3. The molecule has 3 rings (SSSR count). The number of benzene rings is 1. The summed E-state index contributed by atoms with van der Waals surface area (Å²) in [7, 11) is 0. The van der Waals surface area contributed by atoms with Crippen molar-refractivity contribution in [1.82, 2.24) is 10.2 Å². The van der Waals surface area contributed by atoms with E-state index in [1.165, 1.54) is 0 Å². The van der Waals surface area contributed by atoms with E-state index in [4.69, 9.17) is 0 Å². The fraction of sp³-hybridized carbons (Fsp3) is 0.609. The average Bonchev–Trinajstić information content (AvgIpc) is 2.76. The lowest BCUT2D eigenvalue weighted by atomic mass is 10.1. The summed E-state index contributed by atoms with van der Waals surface area (Å²) in [5.41, 5.74) is 1.81. The number of anilines is 2. The lowest BCUT2D eigenvalue weighted by Gasteiger charge is -2.31. The molecule has 7 nitrogen and oxygen atoms in total. The van der Waals surface area contributed by atoms with Crippen LogP contribution in [0.15, 0.2) is 24.3 Å². The van der Waals surface area contributed by atoms with Crippen LogP contribution in [0.25, 0.3) is 0 Å². The summed E-state index contributed by atoms with van der Waals surface area (Å²) in [6, 6.07) is 7.28. The summed E-state index contributed by atoms with van der Waals surface area (Å²) in [4.78, 5) is 36.7. The van der Waals surface area contributed by atoms with Gasteiger partial charge in [0.25, 0.3) is 5.92 Å². The zero-order valence-electron chi connectivity index (χ0n) is 18.3. The number of halogens is 2. The molecule has 0 spiro atoms. The molecule has 2 aliphatic heterocycles. The molecule has 1 atom stereocenters. The molecule has 0 aliphatic carbocycles. The van der Waals surface area contributed by atoms with Gasteiger partial charge in [-0.05, 0) is 43.5 Å². The van der Waals surface area contributed by atoms with Gasteiger partial charge in [0.1, 0.15) is 6.04 Å². The first kappa shape index (κ1) is 23.9. The molecule has 9 heteroatoms. The molecule has 1 aromatic carbocycles. The molecule has 1 aromatic rings. The van der Waals surface area contributed by atoms with Crippen molar-refractivity contribution in [2.45, 2.75) is 69.8 Å². The molecule has 32 heavy (non-hydrogen) atoms. The third kappa shape index (κ3) is 7.46. The van der Waals surface area contributed by atoms with Gasteiger partial charge >= 0.3 is 0 Å². The highest BCUT2D eigenvalue weighted by Gasteiger charge is 2.35. The Morgan fingerprint density at radius 3 is 2.38 bits per heavy atom. The highest BCUT2D eigenvalue weighted by molar-refractivity contribution is 6.01. The van der Waals surface area contributed by atoms with Crippen molar-refractivity contribution in [2.24, 2.45) is 0 Å². The van der Waals surface area contributed by atoms with E-state index in [0.29, 0.717) is 19.3 Å². The number of unbranched alkanes of at least 4 members (excludes halogenated alkanes) is 3. The molecule has 0 radical (unpaired) electrons. The highest BCUT2D eigenvalue weighted by atomic mass is 19.3. The Hall–Kier alpha value is -2.71. The number of piperidine rings is 2. The fourth-order valence-corrected chi connectivity index (χ4v) is 3.95. The molecule has 1 unspecified atom stereocenters. The van der Waals surface area contributed by atoms with Crippen LogP contribution < -0.4 is 16.0 Å². The third-order valence-corrected chi connectivity index (χ3v) is 5.96. The lowest BCUT2D eigenvalue weighted by molar-refractivity contribution is -0.137. The molecule has 2 fully saturated rings. The van der Waals surface area contributed by atoms with Crippen molar-refractivity contribution in [3.63, 3.8) is 0 Å². The van der Waals surface area contributed by atoms with Crippen LogP contribution in [0.4, 0.5) is 20.2 Å². The second kappa shape index (κ2) is 11.2. The van der Waals surface area contributed by atoms with Gasteiger partial charge in [0.05, 0.1) is 0 Å². The molecule has 0 aromatic heterocycles. The van der Waals surface area contributed by atoms with Crippen molar-refractivity contribution in [2.75, 3.05) is 30.3 Å². The van der Waals surface area contributed by atoms with E-state index in [9.17, 15) is 23.2 Å². The minimum absolute atomic E-state index is 0.00960. The first-order valence-electron chi connectivity index (χ1n) is 11.4. The number of nitrogens with one attached hydrogen (secondary N) is 3. The molecule has 2 saturated heterocycles. The van der Waals surface area contributed by atoms with Crippen molar-refractivity contribution in [1.29, 1.82) is 0 Å². The van der Waals surface area contributed by atoms with Crippen molar-refractivity contribution in [3.8, 4) is 0 Å². The summed E-state index contributed by atoms with van der Waals surface area (Å²) in [6.07, 6.45) is 4.50. The number of imide groups is 1. The Bertz CT molecular complexity index is 791. The molecular formula is C23H32F2N4O3. The van der Waals surface area contributed by atoms with Crippen LogP contribution >= 0.6 is 0 Å². The van der Waals surface area contributed by atoms with Crippen LogP contribution in [0.3, 0.4) is 0 Å². The van der Waals surface area contributed by atoms with Gasteiger partial charge in [-0.1, -0.05) is 12.8 Å². The number of alkyl halides is 2. The monoisotopic (exact) mass is 450 g/mol. The minimum Gasteiger partial charge on any atom is -0.385 e. The topological polar surface area (TPSA) is 90.5 Å². The summed E-state index contributed by atoms with van der Waals surface area (Å²) in [5.74, 6) is -3.14. The smallest absolute Gasteiger partial charge is 0.251 e. The maximum atomic E-state index is 13.2. The molecule has 3 N–H and O–H groups in total. The molecule has 2 aliphatic rings. The Morgan fingerprint density at radius 1 is 1.03 bits per heavy atom. The second-order valence-corrected chi connectivity index (χ2v) is 8.55. The Balaban J connectivity index is 1.24. The predicted octanol–water partition coefficient (Wildman–Crippen LogP) is 3.52. The lowest BCUT2D eigenvalue weighted by Crippen LogP contribution is -2.47. The van der Waals surface area contributed by atoms with Gasteiger partial charge in [-0.3, -0.25) is 19.7 Å². The van der Waals surface area contributed by atoms with E-state index in [1.807, 2.05) is 24.3 Å². The van der Waals surface area contributed by atoms with Crippen molar-refractivity contribution < 1.29 is 23.2 Å². The van der Waals surface area contributed by atoms with Gasteiger partial charge in [0.15, 0.2) is 0 Å². The number of carbonyl (C=O) groups is 3. The predicted molar refractivity (Wildman–Crippen MR) is 119 cm³/mol. The average molecular weight is 451 g/mol. The summed E-state index contributed by atoms with van der Waals surface area (Å²) < 4.78 is 26.3. The number of likely N-dealkylation sites (tertiary alicyclic amines) is 1. The number of hydrogen-bond acceptors (Lipinski definition) is 5. The SMILES string of the molecule is O=C1CCC(Nc2ccc(NCCCCCCC(=O)N3CCC(F)(F)CC3)cc2)C(=O)N1. The molecule has 3 amide bonds. The van der Waals surface area contributed by atoms with Crippen LogP contribution in [0.1, 0.15) is 57.8 Å². The summed E-state index contributed by atoms with van der Waals surface area (Å²) in [5, 5.41) is 8.83. The molecule has 0 bridgehead atoms. The highest BCUT2D eigenvalue weighted by Crippen LogP contribution is 2.28.